The van der Waals surface area contributed by atoms with Crippen LogP contribution in [-0.2, 0) is 0 Å². The molecule has 2 saturated carbocycles. The molecule has 2 fully saturated rings. The summed E-state index contributed by atoms with van der Waals surface area (Å²) >= 11 is 0. The van der Waals surface area contributed by atoms with Gasteiger partial charge in [0, 0.05) is 18.1 Å². The van der Waals surface area contributed by atoms with Crippen molar-refractivity contribution in [1.82, 2.24) is 10.2 Å². The van der Waals surface area contributed by atoms with Gasteiger partial charge in [0.1, 0.15) is 0 Å². The Labute approximate surface area is 114 Å². The van der Waals surface area contributed by atoms with Crippen molar-refractivity contribution in [1.29, 1.82) is 0 Å². The van der Waals surface area contributed by atoms with Crippen LogP contribution >= 0.6 is 0 Å². The molecule has 0 aliphatic heterocycles. The van der Waals surface area contributed by atoms with Crippen molar-refractivity contribution in [2.45, 2.75) is 83.3 Å². The summed E-state index contributed by atoms with van der Waals surface area (Å²) in [7, 11) is 2.39. The molecule has 2 aliphatic carbocycles. The molecule has 4 atom stereocenters. The van der Waals surface area contributed by atoms with E-state index in [0.717, 1.165) is 24.0 Å². The molecule has 2 aliphatic rings. The maximum atomic E-state index is 3.77. The molecule has 2 rings (SSSR count). The molecule has 106 valence electrons. The fourth-order valence-corrected chi connectivity index (χ4v) is 4.04. The number of hydrogen-bond donors (Lipinski definition) is 1. The Hall–Kier alpha value is -0.0800. The Morgan fingerprint density at radius 3 is 2.61 bits per heavy atom. The molecule has 0 aromatic heterocycles. The summed E-state index contributed by atoms with van der Waals surface area (Å²) in [5.74, 6) is 0.939. The molecule has 0 radical (unpaired) electrons. The number of nitrogens with zero attached hydrogens (tertiary/aromatic N) is 1. The molecule has 0 amide bonds. The zero-order valence-corrected chi connectivity index (χ0v) is 12.6. The van der Waals surface area contributed by atoms with E-state index in [1.165, 1.54) is 57.9 Å². The quantitative estimate of drug-likeness (QED) is 0.806. The highest BCUT2D eigenvalue weighted by molar-refractivity contribution is 4.92. The van der Waals surface area contributed by atoms with Gasteiger partial charge in [-0.3, -0.25) is 4.90 Å². The minimum Gasteiger partial charge on any atom is -0.312 e. The van der Waals surface area contributed by atoms with Crippen molar-refractivity contribution in [3.8, 4) is 0 Å². The van der Waals surface area contributed by atoms with E-state index in [1.54, 1.807) is 0 Å². The normalized spacial score (nSPS) is 37.3. The molecule has 2 heteroatoms. The maximum Gasteiger partial charge on any atom is 0.0249 e. The van der Waals surface area contributed by atoms with Gasteiger partial charge in [0.25, 0.3) is 0 Å². The van der Waals surface area contributed by atoms with E-state index in [2.05, 4.69) is 31.1 Å². The molecule has 0 saturated heterocycles. The van der Waals surface area contributed by atoms with Crippen molar-refractivity contribution in [2.75, 3.05) is 13.6 Å². The van der Waals surface area contributed by atoms with E-state index in [-0.39, 0.29) is 0 Å². The van der Waals surface area contributed by atoms with Crippen LogP contribution in [0.1, 0.15) is 65.2 Å². The Bertz CT molecular complexity index is 241. The molecule has 0 aromatic rings. The van der Waals surface area contributed by atoms with Gasteiger partial charge in [-0.2, -0.15) is 0 Å². The zero-order valence-electron chi connectivity index (χ0n) is 12.6. The summed E-state index contributed by atoms with van der Waals surface area (Å²) in [6, 6.07) is 2.40. The highest BCUT2D eigenvalue weighted by atomic mass is 15.2. The fourth-order valence-electron chi connectivity index (χ4n) is 4.04. The second-order valence-electron chi connectivity index (χ2n) is 6.65. The largest absolute Gasteiger partial charge is 0.312 e. The average Bonchev–Trinajstić information content (AvgIpc) is 2.83. The average molecular weight is 252 g/mol. The summed E-state index contributed by atoms with van der Waals surface area (Å²) in [4.78, 5) is 2.73. The van der Waals surface area contributed by atoms with Crippen molar-refractivity contribution >= 4 is 0 Å². The topological polar surface area (TPSA) is 15.3 Å². The number of rotatable bonds is 5. The van der Waals surface area contributed by atoms with Crippen molar-refractivity contribution in [3.05, 3.63) is 0 Å². The minimum absolute atomic E-state index is 0.757. The Balaban J connectivity index is 1.88. The third-order valence-corrected chi connectivity index (χ3v) is 5.14. The molecule has 1 N–H and O–H groups in total. The first kappa shape index (κ1) is 14.3. The summed E-state index contributed by atoms with van der Waals surface area (Å²) in [6.07, 6.45) is 11.2. The van der Waals surface area contributed by atoms with E-state index in [9.17, 15) is 0 Å². The molecule has 0 spiro atoms. The van der Waals surface area contributed by atoms with Crippen LogP contribution in [-0.4, -0.2) is 36.6 Å². The van der Waals surface area contributed by atoms with E-state index >= 15 is 0 Å². The van der Waals surface area contributed by atoms with Crippen LogP contribution in [0.3, 0.4) is 0 Å². The summed E-state index contributed by atoms with van der Waals surface area (Å²) in [5, 5.41) is 3.77. The smallest absolute Gasteiger partial charge is 0.0249 e. The van der Waals surface area contributed by atoms with Crippen LogP contribution in [0.15, 0.2) is 0 Å². The highest BCUT2D eigenvalue weighted by Gasteiger charge is 2.34. The second kappa shape index (κ2) is 6.91. The lowest BCUT2D eigenvalue weighted by Crippen LogP contribution is -2.50. The van der Waals surface area contributed by atoms with Gasteiger partial charge in [-0.05, 0) is 51.6 Å². The predicted octanol–water partition coefficient (Wildman–Crippen LogP) is 3.42. The number of likely N-dealkylation sites (N-methyl/N-ethyl adjacent to an activating group) is 1. The molecular weight excluding hydrogens is 220 g/mol. The van der Waals surface area contributed by atoms with Gasteiger partial charge in [0.05, 0.1) is 0 Å². The predicted molar refractivity (Wildman–Crippen MR) is 78.9 cm³/mol. The van der Waals surface area contributed by atoms with E-state index in [4.69, 9.17) is 0 Å². The summed E-state index contributed by atoms with van der Waals surface area (Å²) in [6.45, 7) is 5.89. The van der Waals surface area contributed by atoms with Gasteiger partial charge in [-0.15, -0.1) is 0 Å². The van der Waals surface area contributed by atoms with Crippen LogP contribution in [0.2, 0.25) is 0 Å². The van der Waals surface area contributed by atoms with Gasteiger partial charge in [-0.25, -0.2) is 0 Å². The molecule has 0 bridgehead atoms. The molecule has 0 aromatic carbocycles. The lowest BCUT2D eigenvalue weighted by molar-refractivity contribution is 0.106. The molecule has 18 heavy (non-hydrogen) atoms. The van der Waals surface area contributed by atoms with Crippen molar-refractivity contribution < 1.29 is 0 Å². The Kier molecular flexibility index (Phi) is 5.50. The summed E-state index contributed by atoms with van der Waals surface area (Å²) in [5.41, 5.74) is 0. The first-order valence-corrected chi connectivity index (χ1v) is 8.17. The van der Waals surface area contributed by atoms with Crippen LogP contribution in [0.25, 0.3) is 0 Å². The van der Waals surface area contributed by atoms with Gasteiger partial charge in [0.15, 0.2) is 0 Å². The van der Waals surface area contributed by atoms with Crippen LogP contribution in [0.4, 0.5) is 0 Å². The van der Waals surface area contributed by atoms with Crippen LogP contribution < -0.4 is 5.32 Å². The third kappa shape index (κ3) is 3.48. The standard InChI is InChI=1S/C16H32N2/c1-4-11-17-15-9-6-10-16(15)18(3)14-8-5-7-13(2)12-14/h13-17H,4-12H2,1-3H3. The Morgan fingerprint density at radius 2 is 1.89 bits per heavy atom. The molecule has 0 heterocycles. The van der Waals surface area contributed by atoms with Gasteiger partial charge in [-0.1, -0.05) is 33.1 Å². The first-order chi connectivity index (χ1) is 8.72. The van der Waals surface area contributed by atoms with Gasteiger partial charge < -0.3 is 5.32 Å². The van der Waals surface area contributed by atoms with Gasteiger partial charge >= 0.3 is 0 Å². The van der Waals surface area contributed by atoms with E-state index < -0.39 is 0 Å². The second-order valence-corrected chi connectivity index (χ2v) is 6.65. The minimum atomic E-state index is 0.757. The first-order valence-electron chi connectivity index (χ1n) is 8.17. The lowest BCUT2D eigenvalue weighted by atomic mass is 9.85. The number of nitrogens with one attached hydrogen (secondary N) is 1. The maximum absolute atomic E-state index is 3.77. The van der Waals surface area contributed by atoms with E-state index in [1.807, 2.05) is 0 Å². The van der Waals surface area contributed by atoms with Crippen LogP contribution in [0, 0.1) is 5.92 Å². The SMILES string of the molecule is CCCNC1CCCC1N(C)C1CCCC(C)C1. The van der Waals surface area contributed by atoms with Crippen LogP contribution in [0.5, 0.6) is 0 Å². The fraction of sp³-hybridized carbons (Fsp3) is 1.00. The lowest BCUT2D eigenvalue weighted by Gasteiger charge is -2.40. The van der Waals surface area contributed by atoms with Crippen molar-refractivity contribution in [2.24, 2.45) is 5.92 Å². The zero-order chi connectivity index (χ0) is 13.0. The Morgan fingerprint density at radius 1 is 1.11 bits per heavy atom. The molecule has 2 nitrogen and oxygen atoms in total. The summed E-state index contributed by atoms with van der Waals surface area (Å²) < 4.78 is 0. The molecular formula is C16H32N2. The monoisotopic (exact) mass is 252 g/mol. The number of hydrogen-bond acceptors (Lipinski definition) is 2. The van der Waals surface area contributed by atoms with E-state index in [0.29, 0.717) is 0 Å². The highest BCUT2D eigenvalue weighted by Crippen LogP contribution is 2.32. The van der Waals surface area contributed by atoms with Gasteiger partial charge in [0.2, 0.25) is 0 Å². The van der Waals surface area contributed by atoms with Crippen molar-refractivity contribution in [3.63, 3.8) is 0 Å². The molecule has 4 unspecified atom stereocenters. The third-order valence-electron chi connectivity index (χ3n) is 5.14.